The van der Waals surface area contributed by atoms with Crippen molar-refractivity contribution in [2.75, 3.05) is 18.9 Å². The first kappa shape index (κ1) is 12.3. The summed E-state index contributed by atoms with van der Waals surface area (Å²) in [6.45, 7) is 1.16. The lowest BCUT2D eigenvalue weighted by atomic mass is 10.1. The Kier molecular flexibility index (Phi) is 2.82. The third-order valence-corrected chi connectivity index (χ3v) is 4.28. The van der Waals surface area contributed by atoms with Gasteiger partial charge in [-0.15, -0.1) is 11.3 Å². The minimum atomic E-state index is 0.502. The zero-order valence-electron chi connectivity index (χ0n) is 11.1. The third-order valence-electron chi connectivity index (χ3n) is 3.39. The predicted octanol–water partition coefficient (Wildman–Crippen LogP) is 3.16. The second-order valence-electron chi connectivity index (χ2n) is 4.69. The van der Waals surface area contributed by atoms with Crippen LogP contribution >= 0.6 is 11.3 Å². The van der Waals surface area contributed by atoms with Crippen LogP contribution in [-0.2, 0) is 0 Å². The molecule has 4 rings (SSSR count). The summed E-state index contributed by atoms with van der Waals surface area (Å²) in [4.78, 5) is 1.09. The smallest absolute Gasteiger partial charge is 0.162 e. The van der Waals surface area contributed by atoms with Crippen molar-refractivity contribution in [1.29, 1.82) is 0 Å². The van der Waals surface area contributed by atoms with Crippen molar-refractivity contribution >= 4 is 17.2 Å². The van der Waals surface area contributed by atoms with Crippen molar-refractivity contribution < 1.29 is 9.47 Å². The van der Waals surface area contributed by atoms with Crippen LogP contribution in [0.2, 0.25) is 0 Å². The maximum absolute atomic E-state index is 6.02. The van der Waals surface area contributed by atoms with E-state index in [4.69, 9.17) is 15.2 Å². The molecule has 0 saturated heterocycles. The van der Waals surface area contributed by atoms with Gasteiger partial charge in [0.05, 0.1) is 11.3 Å². The number of rotatable bonds is 2. The summed E-state index contributed by atoms with van der Waals surface area (Å²) in [5, 5.41) is 9.19. The SMILES string of the molecule is Nc1n[nH]c(-c2ccc3c(c2)OCCO3)c1-c1cccs1. The molecule has 21 heavy (non-hydrogen) atoms. The molecule has 5 nitrogen and oxygen atoms in total. The highest BCUT2D eigenvalue weighted by Gasteiger charge is 2.18. The van der Waals surface area contributed by atoms with Crippen molar-refractivity contribution in [3.8, 4) is 33.2 Å². The molecule has 0 saturated carbocycles. The highest BCUT2D eigenvalue weighted by molar-refractivity contribution is 7.13. The Balaban J connectivity index is 1.84. The lowest BCUT2D eigenvalue weighted by molar-refractivity contribution is 0.171. The largest absolute Gasteiger partial charge is 0.486 e. The number of nitrogens with zero attached hydrogens (tertiary/aromatic N) is 1. The fraction of sp³-hybridized carbons (Fsp3) is 0.133. The van der Waals surface area contributed by atoms with Gasteiger partial charge >= 0.3 is 0 Å². The van der Waals surface area contributed by atoms with E-state index in [2.05, 4.69) is 10.2 Å². The first-order valence-corrected chi connectivity index (χ1v) is 7.48. The Morgan fingerprint density at radius 1 is 1.14 bits per heavy atom. The van der Waals surface area contributed by atoms with Gasteiger partial charge in [0.2, 0.25) is 0 Å². The van der Waals surface area contributed by atoms with E-state index in [1.807, 2.05) is 35.7 Å². The van der Waals surface area contributed by atoms with Crippen LogP contribution < -0.4 is 15.2 Å². The zero-order chi connectivity index (χ0) is 14.2. The van der Waals surface area contributed by atoms with Gasteiger partial charge in [0.1, 0.15) is 13.2 Å². The molecule has 6 heteroatoms. The van der Waals surface area contributed by atoms with Crippen molar-refractivity contribution in [2.45, 2.75) is 0 Å². The van der Waals surface area contributed by atoms with E-state index in [-0.39, 0.29) is 0 Å². The minimum absolute atomic E-state index is 0.502. The average Bonchev–Trinajstić information content (AvgIpc) is 3.15. The molecule has 0 radical (unpaired) electrons. The van der Waals surface area contributed by atoms with Gasteiger partial charge in [-0.3, -0.25) is 5.10 Å². The number of nitrogen functional groups attached to an aromatic ring is 1. The van der Waals surface area contributed by atoms with E-state index in [1.54, 1.807) is 11.3 Å². The van der Waals surface area contributed by atoms with Gasteiger partial charge < -0.3 is 15.2 Å². The molecule has 0 amide bonds. The molecule has 0 unspecified atom stereocenters. The average molecular weight is 299 g/mol. The summed E-state index contributed by atoms with van der Waals surface area (Å²) >= 11 is 1.64. The van der Waals surface area contributed by atoms with Crippen molar-refractivity contribution in [2.24, 2.45) is 0 Å². The number of thiophene rings is 1. The Morgan fingerprint density at radius 2 is 2.00 bits per heavy atom. The van der Waals surface area contributed by atoms with Crippen LogP contribution in [0, 0.1) is 0 Å². The monoisotopic (exact) mass is 299 g/mol. The molecule has 1 aliphatic rings. The van der Waals surface area contributed by atoms with Gasteiger partial charge in [0, 0.05) is 10.4 Å². The van der Waals surface area contributed by atoms with Crippen molar-refractivity contribution in [1.82, 2.24) is 10.2 Å². The number of hydrogen-bond acceptors (Lipinski definition) is 5. The third kappa shape index (κ3) is 2.04. The first-order valence-electron chi connectivity index (χ1n) is 6.60. The Morgan fingerprint density at radius 3 is 2.81 bits per heavy atom. The van der Waals surface area contributed by atoms with Gasteiger partial charge in [0.15, 0.2) is 17.3 Å². The molecule has 3 N–H and O–H groups in total. The maximum atomic E-state index is 6.02. The molecule has 0 atom stereocenters. The van der Waals surface area contributed by atoms with E-state index >= 15 is 0 Å². The van der Waals surface area contributed by atoms with E-state index in [0.29, 0.717) is 19.0 Å². The van der Waals surface area contributed by atoms with Crippen LogP contribution in [0.25, 0.3) is 21.7 Å². The summed E-state index contributed by atoms with van der Waals surface area (Å²) in [5.41, 5.74) is 8.82. The second-order valence-corrected chi connectivity index (χ2v) is 5.64. The second kappa shape index (κ2) is 4.82. The topological polar surface area (TPSA) is 73.2 Å². The number of fused-ring (bicyclic) bond motifs is 1. The van der Waals surface area contributed by atoms with Crippen LogP contribution in [0.3, 0.4) is 0 Å². The van der Waals surface area contributed by atoms with Gasteiger partial charge in [-0.2, -0.15) is 5.10 Å². The zero-order valence-corrected chi connectivity index (χ0v) is 11.9. The lowest BCUT2D eigenvalue weighted by Crippen LogP contribution is -2.15. The standard InChI is InChI=1S/C15H13N3O2S/c16-15-13(12-2-1-7-21-12)14(17-18-15)9-3-4-10-11(8-9)20-6-5-19-10/h1-4,7-8H,5-6H2,(H3,16,17,18). The molecular weight excluding hydrogens is 286 g/mol. The van der Waals surface area contributed by atoms with Crippen LogP contribution in [-0.4, -0.2) is 23.4 Å². The molecule has 0 bridgehead atoms. The van der Waals surface area contributed by atoms with Gasteiger partial charge in [-0.25, -0.2) is 0 Å². The summed E-state index contributed by atoms with van der Waals surface area (Å²) in [6, 6.07) is 9.89. The Bertz CT molecular complexity index is 780. The Labute approximate surface area is 125 Å². The quantitative estimate of drug-likeness (QED) is 0.762. The number of nitrogens with one attached hydrogen (secondary N) is 1. The van der Waals surface area contributed by atoms with E-state index in [9.17, 15) is 0 Å². The van der Waals surface area contributed by atoms with Crippen LogP contribution in [0.1, 0.15) is 0 Å². The molecule has 3 heterocycles. The molecule has 2 aromatic heterocycles. The maximum Gasteiger partial charge on any atom is 0.162 e. The summed E-state index contributed by atoms with van der Waals surface area (Å²) in [7, 11) is 0. The summed E-state index contributed by atoms with van der Waals surface area (Å²) < 4.78 is 11.2. The number of ether oxygens (including phenoxy) is 2. The Hall–Kier alpha value is -2.47. The molecule has 0 aliphatic carbocycles. The number of aromatic nitrogens is 2. The van der Waals surface area contributed by atoms with Crippen LogP contribution in [0.5, 0.6) is 11.5 Å². The number of H-pyrrole nitrogens is 1. The highest BCUT2D eigenvalue weighted by atomic mass is 32.1. The fourth-order valence-electron chi connectivity index (χ4n) is 2.43. The van der Waals surface area contributed by atoms with Crippen LogP contribution in [0.4, 0.5) is 5.82 Å². The predicted molar refractivity (Wildman–Crippen MR) is 82.7 cm³/mol. The van der Waals surface area contributed by atoms with E-state index in [0.717, 1.165) is 33.2 Å². The number of nitrogens with two attached hydrogens (primary N) is 1. The van der Waals surface area contributed by atoms with Crippen molar-refractivity contribution in [3.63, 3.8) is 0 Å². The highest BCUT2D eigenvalue weighted by Crippen LogP contribution is 2.40. The van der Waals surface area contributed by atoms with Gasteiger partial charge in [-0.05, 0) is 29.6 Å². The summed E-state index contributed by atoms with van der Waals surface area (Å²) in [6.07, 6.45) is 0. The molecule has 3 aromatic rings. The number of anilines is 1. The number of benzene rings is 1. The van der Waals surface area contributed by atoms with Crippen LogP contribution in [0.15, 0.2) is 35.7 Å². The molecule has 1 aromatic carbocycles. The normalized spacial score (nSPS) is 13.3. The van der Waals surface area contributed by atoms with Crippen molar-refractivity contribution in [3.05, 3.63) is 35.7 Å². The molecular formula is C15H13N3O2S. The molecule has 0 fully saturated rings. The summed E-state index contributed by atoms with van der Waals surface area (Å²) in [5.74, 6) is 2.03. The fourth-order valence-corrected chi connectivity index (χ4v) is 3.22. The minimum Gasteiger partial charge on any atom is -0.486 e. The lowest BCUT2D eigenvalue weighted by Gasteiger charge is -2.18. The van der Waals surface area contributed by atoms with Gasteiger partial charge in [0.25, 0.3) is 0 Å². The number of hydrogen-bond donors (Lipinski definition) is 2. The first-order chi connectivity index (χ1) is 10.3. The molecule has 106 valence electrons. The van der Waals surface area contributed by atoms with E-state index in [1.165, 1.54) is 0 Å². The van der Waals surface area contributed by atoms with Gasteiger partial charge in [-0.1, -0.05) is 6.07 Å². The molecule has 1 aliphatic heterocycles. The molecule has 0 spiro atoms. The van der Waals surface area contributed by atoms with E-state index < -0.39 is 0 Å². The number of aromatic amines is 1.